The van der Waals surface area contributed by atoms with Crippen molar-refractivity contribution in [2.75, 3.05) is 5.73 Å². The van der Waals surface area contributed by atoms with E-state index in [1.54, 1.807) is 16.0 Å². The van der Waals surface area contributed by atoms with Gasteiger partial charge in [0.1, 0.15) is 11.5 Å². The van der Waals surface area contributed by atoms with Gasteiger partial charge in [-0.2, -0.15) is 5.10 Å². The maximum Gasteiger partial charge on any atom is 0.129 e. The molecule has 0 radical (unpaired) electrons. The Morgan fingerprint density at radius 2 is 1.90 bits per heavy atom. The van der Waals surface area contributed by atoms with E-state index in [9.17, 15) is 0 Å². The van der Waals surface area contributed by atoms with Crippen molar-refractivity contribution in [3.63, 3.8) is 0 Å². The lowest BCUT2D eigenvalue weighted by atomic mass is 10.0. The van der Waals surface area contributed by atoms with Crippen LogP contribution < -0.4 is 5.73 Å². The summed E-state index contributed by atoms with van der Waals surface area (Å²) < 4.78 is 2.80. The fraction of sp³-hybridized carbons (Fsp3) is 0.133. The summed E-state index contributed by atoms with van der Waals surface area (Å²) in [5, 5.41) is 6.69. The van der Waals surface area contributed by atoms with E-state index in [0.717, 1.165) is 21.3 Å². The molecule has 3 rings (SSSR count). The molecule has 3 aromatic rings. The van der Waals surface area contributed by atoms with Gasteiger partial charge in [-0.3, -0.25) is 4.68 Å². The van der Waals surface area contributed by atoms with Crippen molar-refractivity contribution >= 4 is 33.1 Å². The van der Waals surface area contributed by atoms with Crippen molar-refractivity contribution in [3.05, 3.63) is 45.7 Å². The van der Waals surface area contributed by atoms with Crippen molar-refractivity contribution in [2.45, 2.75) is 6.92 Å². The summed E-state index contributed by atoms with van der Waals surface area (Å²) in [6.07, 6.45) is 0. The lowest BCUT2D eigenvalue weighted by Crippen LogP contribution is -1.97. The lowest BCUT2D eigenvalue weighted by molar-refractivity contribution is 0.783. The summed E-state index contributed by atoms with van der Waals surface area (Å²) in [5.41, 5.74) is 10.5. The number of aromatic nitrogens is 2. The topological polar surface area (TPSA) is 43.8 Å². The maximum atomic E-state index is 6.22. The molecular weight excluding hydrogens is 334 g/mol. The molecule has 0 aliphatic rings. The molecule has 0 saturated heterocycles. The molecular formula is C15H14BrN3S. The Hall–Kier alpha value is -1.59. The number of hydrogen-bond donors (Lipinski definition) is 1. The average Bonchev–Trinajstić information content (AvgIpc) is 2.96. The van der Waals surface area contributed by atoms with Crippen LogP contribution in [-0.2, 0) is 7.05 Å². The van der Waals surface area contributed by atoms with Gasteiger partial charge in [0.2, 0.25) is 0 Å². The van der Waals surface area contributed by atoms with Gasteiger partial charge in [0, 0.05) is 11.5 Å². The van der Waals surface area contributed by atoms with Gasteiger partial charge >= 0.3 is 0 Å². The van der Waals surface area contributed by atoms with Gasteiger partial charge in [-0.25, -0.2) is 0 Å². The molecule has 0 bridgehead atoms. The molecule has 102 valence electrons. The molecule has 0 amide bonds. The second kappa shape index (κ2) is 5.07. The van der Waals surface area contributed by atoms with Crippen LogP contribution in [0.2, 0.25) is 0 Å². The number of rotatable bonds is 2. The minimum atomic E-state index is 0.690. The molecule has 0 atom stereocenters. The summed E-state index contributed by atoms with van der Waals surface area (Å²) in [7, 11) is 1.88. The highest BCUT2D eigenvalue weighted by molar-refractivity contribution is 9.10. The highest BCUT2D eigenvalue weighted by Crippen LogP contribution is 2.39. The maximum absolute atomic E-state index is 6.22. The SMILES string of the molecule is Cc1ccsc1-c1nn(C)c(N)c1-c1ccc(Br)cc1. The fourth-order valence-corrected chi connectivity index (χ4v) is 3.39. The molecule has 1 aromatic carbocycles. The van der Waals surface area contributed by atoms with Crippen LogP contribution in [0.3, 0.4) is 0 Å². The first-order chi connectivity index (χ1) is 9.58. The van der Waals surface area contributed by atoms with E-state index in [0.29, 0.717) is 5.82 Å². The number of thiophene rings is 1. The van der Waals surface area contributed by atoms with E-state index >= 15 is 0 Å². The van der Waals surface area contributed by atoms with Crippen molar-refractivity contribution in [2.24, 2.45) is 7.05 Å². The van der Waals surface area contributed by atoms with E-state index in [1.165, 1.54) is 10.4 Å². The minimum Gasteiger partial charge on any atom is -0.383 e. The molecule has 2 aromatic heterocycles. The quantitative estimate of drug-likeness (QED) is 0.743. The number of nitrogen functional groups attached to an aromatic ring is 1. The van der Waals surface area contributed by atoms with Crippen LogP contribution in [0.25, 0.3) is 21.7 Å². The zero-order valence-electron chi connectivity index (χ0n) is 11.2. The summed E-state index contributed by atoms with van der Waals surface area (Å²) >= 11 is 5.16. The highest BCUT2D eigenvalue weighted by atomic mass is 79.9. The van der Waals surface area contributed by atoms with E-state index in [4.69, 9.17) is 5.73 Å². The Morgan fingerprint density at radius 3 is 2.50 bits per heavy atom. The number of aryl methyl sites for hydroxylation is 2. The first-order valence-electron chi connectivity index (χ1n) is 6.21. The van der Waals surface area contributed by atoms with Gasteiger partial charge < -0.3 is 5.73 Å². The number of nitrogens with zero attached hydrogens (tertiary/aromatic N) is 2. The van der Waals surface area contributed by atoms with Gasteiger partial charge in [0.25, 0.3) is 0 Å². The predicted octanol–water partition coefficient (Wildman–Crippen LogP) is 4.47. The summed E-state index contributed by atoms with van der Waals surface area (Å²) in [6, 6.07) is 10.3. The predicted molar refractivity (Wildman–Crippen MR) is 88.8 cm³/mol. The first-order valence-corrected chi connectivity index (χ1v) is 7.88. The van der Waals surface area contributed by atoms with Crippen LogP contribution in [0.15, 0.2) is 40.2 Å². The Morgan fingerprint density at radius 1 is 1.20 bits per heavy atom. The van der Waals surface area contributed by atoms with Gasteiger partial charge in [-0.1, -0.05) is 28.1 Å². The van der Waals surface area contributed by atoms with Crippen LogP contribution in [0.4, 0.5) is 5.82 Å². The zero-order chi connectivity index (χ0) is 14.3. The molecule has 20 heavy (non-hydrogen) atoms. The summed E-state index contributed by atoms with van der Waals surface area (Å²) in [4.78, 5) is 1.18. The van der Waals surface area contributed by atoms with Crippen LogP contribution in [-0.4, -0.2) is 9.78 Å². The van der Waals surface area contributed by atoms with Crippen molar-refractivity contribution in [1.82, 2.24) is 9.78 Å². The molecule has 0 unspecified atom stereocenters. The van der Waals surface area contributed by atoms with Gasteiger partial charge in [-0.15, -0.1) is 11.3 Å². The van der Waals surface area contributed by atoms with Crippen LogP contribution in [0.5, 0.6) is 0 Å². The molecule has 0 fully saturated rings. The molecule has 0 aliphatic carbocycles. The monoisotopic (exact) mass is 347 g/mol. The fourth-order valence-electron chi connectivity index (χ4n) is 2.21. The van der Waals surface area contributed by atoms with Crippen molar-refractivity contribution in [3.8, 4) is 21.7 Å². The van der Waals surface area contributed by atoms with Crippen LogP contribution in [0.1, 0.15) is 5.56 Å². The molecule has 2 N–H and O–H groups in total. The van der Waals surface area contributed by atoms with E-state index in [1.807, 2.05) is 19.2 Å². The Balaban J connectivity index is 2.25. The number of halogens is 1. The second-order valence-corrected chi connectivity index (χ2v) is 6.50. The zero-order valence-corrected chi connectivity index (χ0v) is 13.6. The Kier molecular flexibility index (Phi) is 3.40. The lowest BCUT2D eigenvalue weighted by Gasteiger charge is -2.04. The summed E-state index contributed by atoms with van der Waals surface area (Å²) in [5.74, 6) is 0.690. The third-order valence-electron chi connectivity index (χ3n) is 3.30. The third-order valence-corrected chi connectivity index (χ3v) is 4.85. The van der Waals surface area contributed by atoms with Crippen LogP contribution in [0, 0.1) is 6.92 Å². The van der Waals surface area contributed by atoms with E-state index in [2.05, 4.69) is 51.5 Å². The van der Waals surface area contributed by atoms with Gasteiger partial charge in [-0.05, 0) is 41.6 Å². The van der Waals surface area contributed by atoms with Gasteiger partial charge in [0.05, 0.1) is 10.4 Å². The average molecular weight is 348 g/mol. The van der Waals surface area contributed by atoms with E-state index < -0.39 is 0 Å². The first kappa shape index (κ1) is 13.4. The smallest absolute Gasteiger partial charge is 0.129 e. The highest BCUT2D eigenvalue weighted by Gasteiger charge is 2.19. The number of benzene rings is 1. The molecule has 0 aliphatic heterocycles. The van der Waals surface area contributed by atoms with Crippen molar-refractivity contribution < 1.29 is 0 Å². The largest absolute Gasteiger partial charge is 0.383 e. The Labute approximate surface area is 130 Å². The summed E-state index contributed by atoms with van der Waals surface area (Å²) in [6.45, 7) is 2.10. The minimum absolute atomic E-state index is 0.690. The van der Waals surface area contributed by atoms with Crippen LogP contribution >= 0.6 is 27.3 Å². The van der Waals surface area contributed by atoms with Gasteiger partial charge in [0.15, 0.2) is 0 Å². The molecule has 5 heteroatoms. The number of nitrogens with two attached hydrogens (primary N) is 1. The second-order valence-electron chi connectivity index (χ2n) is 4.67. The molecule has 0 saturated carbocycles. The third kappa shape index (κ3) is 2.17. The number of hydrogen-bond acceptors (Lipinski definition) is 3. The standard InChI is InChI=1S/C15H14BrN3S/c1-9-7-8-20-14(9)13-12(15(17)19(2)18-13)10-3-5-11(16)6-4-10/h3-8H,17H2,1-2H3. The van der Waals surface area contributed by atoms with Crippen molar-refractivity contribution in [1.29, 1.82) is 0 Å². The normalized spacial score (nSPS) is 10.9. The molecule has 3 nitrogen and oxygen atoms in total. The molecule has 0 spiro atoms. The number of anilines is 1. The molecule has 2 heterocycles. The Bertz CT molecular complexity index is 756. The van der Waals surface area contributed by atoms with E-state index in [-0.39, 0.29) is 0 Å².